The molecule has 0 saturated carbocycles. The number of hydrazine groups is 1. The molecular weight excluding hydrogens is 345 g/mol. The maximum Gasteiger partial charge on any atom is 0.405 e. The van der Waals surface area contributed by atoms with Gasteiger partial charge in [-0.25, -0.2) is 9.97 Å². The Morgan fingerprint density at radius 2 is 1.81 bits per heavy atom. The summed E-state index contributed by atoms with van der Waals surface area (Å²) in [6, 6.07) is 9.44. The number of aliphatic imine (C=N–C) groups is 1. The predicted molar refractivity (Wildman–Crippen MR) is 96.8 cm³/mol. The maximum absolute atomic E-state index is 12.2. The third-order valence-corrected chi connectivity index (χ3v) is 3.21. The third-order valence-electron chi connectivity index (χ3n) is 3.21. The third kappa shape index (κ3) is 6.08. The molecule has 0 unspecified atom stereocenters. The fraction of sp³-hybridized carbons (Fsp3) is 0.235. The van der Waals surface area contributed by atoms with E-state index in [1.54, 1.807) is 13.3 Å². The van der Waals surface area contributed by atoms with Crippen molar-refractivity contribution in [1.82, 2.24) is 15.4 Å². The van der Waals surface area contributed by atoms with Gasteiger partial charge in [-0.05, 0) is 24.6 Å². The monoisotopic (exact) mass is 364 g/mol. The SMILES string of the molecule is CN=CC(C)=C(NNc1ccccc1)c1cnc(NCC(F)(F)F)nc1. The van der Waals surface area contributed by atoms with Crippen LogP contribution in [0.3, 0.4) is 0 Å². The van der Waals surface area contributed by atoms with Crippen LogP contribution < -0.4 is 16.2 Å². The summed E-state index contributed by atoms with van der Waals surface area (Å²) in [5.41, 5.74) is 9.02. The van der Waals surface area contributed by atoms with Gasteiger partial charge < -0.3 is 10.7 Å². The average Bonchev–Trinajstić information content (AvgIpc) is 2.62. The zero-order chi connectivity index (χ0) is 19.0. The van der Waals surface area contributed by atoms with Crippen molar-refractivity contribution < 1.29 is 13.2 Å². The molecule has 0 fully saturated rings. The highest BCUT2D eigenvalue weighted by Gasteiger charge is 2.27. The van der Waals surface area contributed by atoms with E-state index in [0.29, 0.717) is 11.3 Å². The number of nitrogens with zero attached hydrogens (tertiary/aromatic N) is 3. The molecule has 0 spiro atoms. The van der Waals surface area contributed by atoms with E-state index in [4.69, 9.17) is 0 Å². The first kappa shape index (κ1) is 19.2. The van der Waals surface area contributed by atoms with Crippen LogP contribution in [0.5, 0.6) is 0 Å². The lowest BCUT2D eigenvalue weighted by molar-refractivity contribution is -0.115. The summed E-state index contributed by atoms with van der Waals surface area (Å²) in [5, 5.41) is 2.14. The molecule has 0 aliphatic heterocycles. The van der Waals surface area contributed by atoms with Crippen molar-refractivity contribution in [3.63, 3.8) is 0 Å². The summed E-state index contributed by atoms with van der Waals surface area (Å²) >= 11 is 0. The van der Waals surface area contributed by atoms with E-state index in [1.165, 1.54) is 12.4 Å². The van der Waals surface area contributed by atoms with E-state index in [9.17, 15) is 13.2 Å². The number of hydrogen-bond donors (Lipinski definition) is 3. The van der Waals surface area contributed by atoms with Gasteiger partial charge in [-0.3, -0.25) is 10.4 Å². The number of hydrogen-bond acceptors (Lipinski definition) is 6. The molecule has 0 aliphatic carbocycles. The van der Waals surface area contributed by atoms with E-state index in [0.717, 1.165) is 11.3 Å². The van der Waals surface area contributed by atoms with Gasteiger partial charge in [-0.15, -0.1) is 0 Å². The van der Waals surface area contributed by atoms with Gasteiger partial charge >= 0.3 is 6.18 Å². The number of para-hydroxylation sites is 1. The molecular formula is C17H19F3N6. The van der Waals surface area contributed by atoms with Gasteiger partial charge in [0, 0.05) is 31.2 Å². The molecule has 0 saturated heterocycles. The van der Waals surface area contributed by atoms with E-state index in [2.05, 4.69) is 31.1 Å². The Morgan fingerprint density at radius 1 is 1.15 bits per heavy atom. The molecule has 2 aromatic rings. The number of halogens is 3. The summed E-state index contributed by atoms with van der Waals surface area (Å²) in [7, 11) is 1.65. The summed E-state index contributed by atoms with van der Waals surface area (Å²) in [6.45, 7) is 0.655. The Hall–Kier alpha value is -3.10. The van der Waals surface area contributed by atoms with Crippen molar-refractivity contribution in [3.05, 3.63) is 53.9 Å². The molecule has 3 N–H and O–H groups in total. The van der Waals surface area contributed by atoms with Crippen molar-refractivity contribution in [2.45, 2.75) is 13.1 Å². The molecule has 0 atom stereocenters. The molecule has 0 radical (unpaired) electrons. The number of rotatable bonds is 7. The van der Waals surface area contributed by atoms with Crippen LogP contribution in [-0.4, -0.2) is 36.0 Å². The van der Waals surface area contributed by atoms with Crippen LogP contribution in [0.2, 0.25) is 0 Å². The van der Waals surface area contributed by atoms with Gasteiger partial charge in [-0.2, -0.15) is 13.2 Å². The maximum atomic E-state index is 12.2. The summed E-state index contributed by atoms with van der Waals surface area (Å²) in [4.78, 5) is 11.8. The first-order valence-electron chi connectivity index (χ1n) is 7.72. The minimum absolute atomic E-state index is 0.0942. The van der Waals surface area contributed by atoms with Gasteiger partial charge in [0.2, 0.25) is 5.95 Å². The average molecular weight is 364 g/mol. The molecule has 1 aromatic carbocycles. The Kier molecular flexibility index (Phi) is 6.54. The second-order valence-electron chi connectivity index (χ2n) is 5.33. The molecule has 1 heterocycles. The summed E-state index contributed by atoms with van der Waals surface area (Å²) in [6.07, 6.45) is 0.203. The van der Waals surface area contributed by atoms with Crippen LogP contribution in [0.1, 0.15) is 12.5 Å². The van der Waals surface area contributed by atoms with Crippen molar-refractivity contribution in [2.75, 3.05) is 24.3 Å². The molecule has 0 amide bonds. The van der Waals surface area contributed by atoms with Crippen molar-refractivity contribution in [2.24, 2.45) is 4.99 Å². The number of anilines is 2. The molecule has 0 aliphatic rings. The second kappa shape index (κ2) is 8.84. The van der Waals surface area contributed by atoms with Gasteiger partial charge in [0.25, 0.3) is 0 Å². The highest BCUT2D eigenvalue weighted by atomic mass is 19.4. The van der Waals surface area contributed by atoms with Crippen molar-refractivity contribution in [3.8, 4) is 0 Å². The highest BCUT2D eigenvalue weighted by molar-refractivity contribution is 5.89. The second-order valence-corrected chi connectivity index (χ2v) is 5.33. The minimum atomic E-state index is -4.33. The number of benzene rings is 1. The Balaban J connectivity index is 2.16. The highest BCUT2D eigenvalue weighted by Crippen LogP contribution is 2.17. The van der Waals surface area contributed by atoms with Crippen LogP contribution in [-0.2, 0) is 0 Å². The molecule has 1 aromatic heterocycles. The normalized spacial score (nSPS) is 12.7. The number of aromatic nitrogens is 2. The van der Waals surface area contributed by atoms with Crippen LogP contribution in [0.25, 0.3) is 5.70 Å². The lowest BCUT2D eigenvalue weighted by atomic mass is 10.1. The van der Waals surface area contributed by atoms with Crippen LogP contribution in [0.4, 0.5) is 24.8 Å². The lowest BCUT2D eigenvalue weighted by Crippen LogP contribution is -2.23. The molecule has 2 rings (SSSR count). The first-order valence-corrected chi connectivity index (χ1v) is 7.72. The zero-order valence-electron chi connectivity index (χ0n) is 14.3. The number of nitrogens with one attached hydrogen (secondary N) is 3. The van der Waals surface area contributed by atoms with Crippen LogP contribution in [0.15, 0.2) is 53.3 Å². The van der Waals surface area contributed by atoms with Crippen LogP contribution in [0, 0.1) is 0 Å². The van der Waals surface area contributed by atoms with E-state index in [1.807, 2.05) is 37.3 Å². The zero-order valence-corrected chi connectivity index (χ0v) is 14.3. The minimum Gasteiger partial charge on any atom is -0.345 e. The van der Waals surface area contributed by atoms with Crippen molar-refractivity contribution in [1.29, 1.82) is 0 Å². The Morgan fingerprint density at radius 3 is 2.38 bits per heavy atom. The molecule has 0 bridgehead atoms. The van der Waals surface area contributed by atoms with Gasteiger partial charge in [0.1, 0.15) is 6.54 Å². The fourth-order valence-corrected chi connectivity index (χ4v) is 2.04. The predicted octanol–water partition coefficient (Wildman–Crippen LogP) is 3.50. The van der Waals surface area contributed by atoms with Gasteiger partial charge in [0.15, 0.2) is 0 Å². The largest absolute Gasteiger partial charge is 0.405 e. The Bertz CT molecular complexity index is 754. The molecule has 6 nitrogen and oxygen atoms in total. The summed E-state index contributed by atoms with van der Waals surface area (Å²) < 4.78 is 36.7. The van der Waals surface area contributed by atoms with Gasteiger partial charge in [0.05, 0.1) is 11.4 Å². The molecule has 138 valence electrons. The molecule has 9 heteroatoms. The van der Waals surface area contributed by atoms with E-state index >= 15 is 0 Å². The lowest BCUT2D eigenvalue weighted by Gasteiger charge is -2.15. The topological polar surface area (TPSA) is 74.2 Å². The van der Waals surface area contributed by atoms with E-state index in [-0.39, 0.29) is 5.95 Å². The molecule has 26 heavy (non-hydrogen) atoms. The van der Waals surface area contributed by atoms with Gasteiger partial charge in [-0.1, -0.05) is 18.2 Å². The number of allylic oxidation sites excluding steroid dienone is 1. The summed E-state index contributed by atoms with van der Waals surface area (Å²) in [5.74, 6) is -0.0942. The quantitative estimate of drug-likeness (QED) is 0.518. The van der Waals surface area contributed by atoms with Crippen LogP contribution >= 0.6 is 0 Å². The van der Waals surface area contributed by atoms with Crippen molar-refractivity contribution >= 4 is 23.5 Å². The van der Waals surface area contributed by atoms with E-state index < -0.39 is 12.7 Å². The standard InChI is InChI=1S/C17H19F3N6/c1-12(8-21-2)15(26-25-14-6-4-3-5-7-14)13-9-22-16(23-10-13)24-11-17(18,19)20/h3-10,25-26H,11H2,1-2H3,(H,22,23,24). The number of alkyl halides is 3. The smallest absolute Gasteiger partial charge is 0.345 e. The fourth-order valence-electron chi connectivity index (χ4n) is 2.04. The Labute approximate surface area is 149 Å². The first-order chi connectivity index (χ1) is 12.4.